The molecule has 2 rings (SSSR count). The monoisotopic (exact) mass is 355 g/mol. The van der Waals surface area contributed by atoms with Crippen molar-refractivity contribution in [1.82, 2.24) is 5.32 Å². The minimum atomic E-state index is 0.0972. The van der Waals surface area contributed by atoms with Gasteiger partial charge in [0, 0.05) is 19.6 Å². The van der Waals surface area contributed by atoms with Crippen LogP contribution >= 0.6 is 15.9 Å². The molecule has 1 N–H and O–H groups in total. The van der Waals surface area contributed by atoms with Crippen molar-refractivity contribution >= 4 is 21.8 Å². The maximum atomic E-state index is 11.8. The Morgan fingerprint density at radius 2 is 2.38 bits per heavy atom. The van der Waals surface area contributed by atoms with E-state index >= 15 is 0 Å². The highest BCUT2D eigenvalue weighted by Gasteiger charge is 2.15. The maximum Gasteiger partial charge on any atom is 0.220 e. The Bertz CT molecular complexity index is 473. The third kappa shape index (κ3) is 5.32. The van der Waals surface area contributed by atoms with E-state index in [9.17, 15) is 4.79 Å². The fourth-order valence-electron chi connectivity index (χ4n) is 2.46. The maximum absolute atomic E-state index is 11.8. The average molecular weight is 356 g/mol. The summed E-state index contributed by atoms with van der Waals surface area (Å²) in [5, 5.41) is 2.96. The summed E-state index contributed by atoms with van der Waals surface area (Å²) < 4.78 is 11.6. The van der Waals surface area contributed by atoms with Crippen molar-refractivity contribution in [2.75, 3.05) is 20.3 Å². The number of hydrogen-bond donors (Lipinski definition) is 1. The number of benzene rings is 1. The lowest BCUT2D eigenvalue weighted by molar-refractivity contribution is -0.121. The molecule has 1 fully saturated rings. The summed E-state index contributed by atoms with van der Waals surface area (Å²) in [6.45, 7) is 1.57. The third-order valence-corrected chi connectivity index (χ3v) is 4.29. The summed E-state index contributed by atoms with van der Waals surface area (Å²) in [5.41, 5.74) is 1.12. The second-order valence-corrected chi connectivity index (χ2v) is 6.10. The van der Waals surface area contributed by atoms with Crippen LogP contribution in [0.5, 0.6) is 5.75 Å². The number of hydrogen-bond acceptors (Lipinski definition) is 3. The summed E-state index contributed by atoms with van der Waals surface area (Å²) in [6.07, 6.45) is 4.75. The van der Waals surface area contributed by atoms with Gasteiger partial charge in [0.1, 0.15) is 5.75 Å². The van der Waals surface area contributed by atoms with Gasteiger partial charge in [0.05, 0.1) is 17.7 Å². The van der Waals surface area contributed by atoms with E-state index in [-0.39, 0.29) is 5.91 Å². The number of rotatable bonds is 7. The Kier molecular flexibility index (Phi) is 6.51. The fraction of sp³-hybridized carbons (Fsp3) is 0.562. The van der Waals surface area contributed by atoms with Crippen molar-refractivity contribution < 1.29 is 14.3 Å². The molecule has 1 aliphatic heterocycles. The molecule has 0 bridgehead atoms. The van der Waals surface area contributed by atoms with E-state index in [4.69, 9.17) is 9.47 Å². The van der Waals surface area contributed by atoms with Crippen molar-refractivity contribution in [1.29, 1.82) is 0 Å². The average Bonchev–Trinajstić information content (AvgIpc) is 2.98. The van der Waals surface area contributed by atoms with Crippen molar-refractivity contribution in [2.24, 2.45) is 0 Å². The number of carbonyl (C=O) groups is 1. The van der Waals surface area contributed by atoms with Crippen LogP contribution in [0.25, 0.3) is 0 Å². The van der Waals surface area contributed by atoms with Crippen LogP contribution in [0.1, 0.15) is 31.2 Å². The number of methoxy groups -OCH3 is 1. The first-order chi connectivity index (χ1) is 10.2. The van der Waals surface area contributed by atoms with Gasteiger partial charge < -0.3 is 14.8 Å². The standard InChI is InChI=1S/C16H22BrNO3/c1-20-15-6-4-12(11-14(15)17)5-7-16(19)18-9-8-13-3-2-10-21-13/h4,6,11,13H,2-3,5,7-10H2,1H3,(H,18,19)/t13-/m1/s1. The van der Waals surface area contributed by atoms with E-state index in [1.807, 2.05) is 18.2 Å². The van der Waals surface area contributed by atoms with Gasteiger partial charge in [0.15, 0.2) is 0 Å². The molecular formula is C16H22BrNO3. The van der Waals surface area contributed by atoms with Crippen LogP contribution in [-0.4, -0.2) is 32.3 Å². The molecule has 5 heteroatoms. The molecule has 1 aromatic rings. The lowest BCUT2D eigenvalue weighted by Crippen LogP contribution is -2.27. The van der Waals surface area contributed by atoms with Gasteiger partial charge in [-0.25, -0.2) is 0 Å². The molecule has 21 heavy (non-hydrogen) atoms. The molecule has 0 unspecified atom stereocenters. The van der Waals surface area contributed by atoms with Crippen LogP contribution in [0.2, 0.25) is 0 Å². The zero-order valence-corrected chi connectivity index (χ0v) is 13.9. The number of amides is 1. The van der Waals surface area contributed by atoms with Crippen LogP contribution in [0, 0.1) is 0 Å². The van der Waals surface area contributed by atoms with Gasteiger partial charge in [0.25, 0.3) is 0 Å². The number of nitrogens with one attached hydrogen (secondary N) is 1. The fourth-order valence-corrected chi connectivity index (χ4v) is 3.04. The van der Waals surface area contributed by atoms with Crippen LogP contribution in [0.15, 0.2) is 22.7 Å². The first-order valence-corrected chi connectivity index (χ1v) is 8.19. The molecule has 1 amide bonds. The van der Waals surface area contributed by atoms with Crippen LogP contribution < -0.4 is 10.1 Å². The van der Waals surface area contributed by atoms with E-state index in [1.165, 1.54) is 0 Å². The quantitative estimate of drug-likeness (QED) is 0.817. The molecule has 1 aliphatic rings. The second kappa shape index (κ2) is 8.39. The molecule has 4 nitrogen and oxygen atoms in total. The SMILES string of the molecule is COc1ccc(CCC(=O)NCC[C@H]2CCCO2)cc1Br. The lowest BCUT2D eigenvalue weighted by Gasteiger charge is -2.10. The van der Waals surface area contributed by atoms with Crippen LogP contribution in [-0.2, 0) is 16.0 Å². The van der Waals surface area contributed by atoms with Crippen molar-refractivity contribution in [3.63, 3.8) is 0 Å². The molecule has 0 aromatic heterocycles. The first kappa shape index (κ1) is 16.3. The molecule has 1 aromatic carbocycles. The highest BCUT2D eigenvalue weighted by atomic mass is 79.9. The van der Waals surface area contributed by atoms with E-state index in [2.05, 4.69) is 21.2 Å². The summed E-state index contributed by atoms with van der Waals surface area (Å²) in [4.78, 5) is 11.8. The minimum absolute atomic E-state index is 0.0972. The lowest BCUT2D eigenvalue weighted by atomic mass is 10.1. The molecule has 0 saturated carbocycles. The van der Waals surface area contributed by atoms with E-state index in [0.717, 1.165) is 48.1 Å². The Labute approximate surface area is 134 Å². The van der Waals surface area contributed by atoms with Gasteiger partial charge in [0.2, 0.25) is 5.91 Å². The van der Waals surface area contributed by atoms with Crippen molar-refractivity contribution in [3.8, 4) is 5.75 Å². The smallest absolute Gasteiger partial charge is 0.220 e. The van der Waals surface area contributed by atoms with Crippen molar-refractivity contribution in [3.05, 3.63) is 28.2 Å². The number of aryl methyl sites for hydroxylation is 1. The summed E-state index contributed by atoms with van der Waals surface area (Å²) in [5.74, 6) is 0.903. The van der Waals surface area contributed by atoms with Gasteiger partial charge >= 0.3 is 0 Å². The molecule has 0 aliphatic carbocycles. The topological polar surface area (TPSA) is 47.6 Å². The molecule has 0 spiro atoms. The Balaban J connectivity index is 1.67. The molecule has 0 radical (unpaired) electrons. The Morgan fingerprint density at radius 1 is 1.52 bits per heavy atom. The Morgan fingerprint density at radius 3 is 3.05 bits per heavy atom. The zero-order valence-electron chi connectivity index (χ0n) is 12.4. The molecule has 1 heterocycles. The van der Waals surface area contributed by atoms with Gasteiger partial charge in [-0.2, -0.15) is 0 Å². The molecule has 1 saturated heterocycles. The molecular weight excluding hydrogens is 334 g/mol. The van der Waals surface area contributed by atoms with E-state index in [0.29, 0.717) is 19.1 Å². The number of carbonyl (C=O) groups excluding carboxylic acids is 1. The number of halogens is 1. The summed E-state index contributed by atoms with van der Waals surface area (Å²) >= 11 is 3.45. The predicted octanol–water partition coefficient (Wildman–Crippen LogP) is 3.08. The first-order valence-electron chi connectivity index (χ1n) is 7.40. The largest absolute Gasteiger partial charge is 0.496 e. The summed E-state index contributed by atoms with van der Waals surface area (Å²) in [6, 6.07) is 5.90. The Hall–Kier alpha value is -1.07. The van der Waals surface area contributed by atoms with Gasteiger partial charge in [-0.15, -0.1) is 0 Å². The summed E-state index contributed by atoms with van der Waals surface area (Å²) in [7, 11) is 1.64. The van der Waals surface area contributed by atoms with Crippen LogP contribution in [0.4, 0.5) is 0 Å². The van der Waals surface area contributed by atoms with Crippen molar-refractivity contribution in [2.45, 2.75) is 38.2 Å². The molecule has 1 atom stereocenters. The van der Waals surface area contributed by atoms with Gasteiger partial charge in [-0.1, -0.05) is 6.07 Å². The third-order valence-electron chi connectivity index (χ3n) is 3.67. The highest BCUT2D eigenvalue weighted by molar-refractivity contribution is 9.10. The van der Waals surface area contributed by atoms with Gasteiger partial charge in [-0.05, 0) is 59.3 Å². The zero-order chi connectivity index (χ0) is 15.1. The predicted molar refractivity (Wildman–Crippen MR) is 85.6 cm³/mol. The second-order valence-electron chi connectivity index (χ2n) is 5.24. The normalized spacial score (nSPS) is 17.7. The van der Waals surface area contributed by atoms with Crippen LogP contribution in [0.3, 0.4) is 0 Å². The van der Waals surface area contributed by atoms with E-state index in [1.54, 1.807) is 7.11 Å². The highest BCUT2D eigenvalue weighted by Crippen LogP contribution is 2.25. The minimum Gasteiger partial charge on any atom is -0.496 e. The van der Waals surface area contributed by atoms with Gasteiger partial charge in [-0.3, -0.25) is 4.79 Å². The number of ether oxygens (including phenoxy) is 2. The van der Waals surface area contributed by atoms with E-state index < -0.39 is 0 Å². The molecule has 116 valence electrons.